The molecule has 3 amide bonds. The van der Waals surface area contributed by atoms with Gasteiger partial charge in [-0.15, -0.1) is 0 Å². The highest BCUT2D eigenvalue weighted by Crippen LogP contribution is 2.34. The molecule has 0 saturated carbocycles. The van der Waals surface area contributed by atoms with Crippen molar-refractivity contribution in [3.63, 3.8) is 0 Å². The van der Waals surface area contributed by atoms with Crippen LogP contribution in [0.15, 0.2) is 30.3 Å². The third-order valence-corrected chi connectivity index (χ3v) is 8.94. The van der Waals surface area contributed by atoms with Gasteiger partial charge in [-0.3, -0.25) is 9.35 Å². The first-order chi connectivity index (χ1) is 22.5. The van der Waals surface area contributed by atoms with Crippen LogP contribution in [-0.4, -0.2) is 85.9 Å². The molecular weight excluding hydrogens is 672 g/mol. The van der Waals surface area contributed by atoms with Gasteiger partial charge in [0.05, 0.1) is 11.3 Å². The number of amides is 3. The second-order valence-electron chi connectivity index (χ2n) is 11.7. The fourth-order valence-corrected chi connectivity index (χ4v) is 6.04. The van der Waals surface area contributed by atoms with Gasteiger partial charge >= 0.3 is 18.4 Å². The van der Waals surface area contributed by atoms with Gasteiger partial charge in [0.2, 0.25) is 11.7 Å². The van der Waals surface area contributed by atoms with Gasteiger partial charge in [-0.1, -0.05) is 12.1 Å². The summed E-state index contributed by atoms with van der Waals surface area (Å²) in [5.41, 5.74) is -0.196. The minimum absolute atomic E-state index is 0.0287. The topological polar surface area (TPSA) is 157 Å². The van der Waals surface area contributed by atoms with E-state index in [1.165, 1.54) is 23.1 Å². The van der Waals surface area contributed by atoms with Crippen molar-refractivity contribution in [2.45, 2.75) is 56.9 Å². The van der Waals surface area contributed by atoms with E-state index >= 15 is 0 Å². The van der Waals surface area contributed by atoms with Crippen LogP contribution >= 0.6 is 0 Å². The minimum atomic E-state index is -4.84. The first-order valence-corrected chi connectivity index (χ1v) is 17.0. The molecule has 1 aromatic carbocycles. The average Bonchev–Trinajstić information content (AvgIpc) is 3.50. The lowest BCUT2D eigenvalue weighted by Gasteiger charge is -2.34. The van der Waals surface area contributed by atoms with Crippen LogP contribution in [0.1, 0.15) is 49.1 Å². The minimum Gasteiger partial charge on any atom is -0.356 e. The SMILES string of the molecule is O=C(NCCC1CCN(c2cc(N3CCCC3C(=O)NCCc3ccc(C(F)(F)F)cc3)nc(C(F)(F)F)n2)CC1)NCCS(=O)(=O)O. The van der Waals surface area contributed by atoms with E-state index in [0.29, 0.717) is 63.8 Å². The summed E-state index contributed by atoms with van der Waals surface area (Å²) < 4.78 is 110. The molecule has 2 aromatic rings. The summed E-state index contributed by atoms with van der Waals surface area (Å²) in [6.07, 6.45) is -6.30. The zero-order chi connectivity index (χ0) is 35.1. The molecule has 48 heavy (non-hydrogen) atoms. The first-order valence-electron chi connectivity index (χ1n) is 15.4. The zero-order valence-corrected chi connectivity index (χ0v) is 26.6. The quantitative estimate of drug-likeness (QED) is 0.191. The molecule has 2 aliphatic rings. The fourth-order valence-electron chi connectivity index (χ4n) is 5.68. The van der Waals surface area contributed by atoms with Crippen LogP contribution in [-0.2, 0) is 33.7 Å². The van der Waals surface area contributed by atoms with Crippen LogP contribution in [0.4, 0.5) is 42.8 Å². The van der Waals surface area contributed by atoms with E-state index in [9.17, 15) is 44.3 Å². The number of nitrogens with zero attached hydrogens (tertiary/aromatic N) is 4. The highest BCUT2D eigenvalue weighted by molar-refractivity contribution is 7.85. The summed E-state index contributed by atoms with van der Waals surface area (Å²) in [4.78, 5) is 35.7. The van der Waals surface area contributed by atoms with Crippen molar-refractivity contribution in [2.75, 3.05) is 54.8 Å². The Hall–Kier alpha value is -3.87. The summed E-state index contributed by atoms with van der Waals surface area (Å²) in [6.45, 7) is 1.25. The predicted octanol–water partition coefficient (Wildman–Crippen LogP) is 3.64. The monoisotopic (exact) mass is 709 g/mol. The number of carbonyl (C=O) groups is 2. The average molecular weight is 710 g/mol. The van der Waals surface area contributed by atoms with Gasteiger partial charge in [0, 0.05) is 45.3 Å². The van der Waals surface area contributed by atoms with Crippen molar-refractivity contribution >= 4 is 33.7 Å². The molecule has 19 heteroatoms. The highest BCUT2D eigenvalue weighted by atomic mass is 32.2. The molecule has 0 bridgehead atoms. The van der Waals surface area contributed by atoms with Crippen molar-refractivity contribution in [2.24, 2.45) is 5.92 Å². The molecule has 4 N–H and O–H groups in total. The van der Waals surface area contributed by atoms with Crippen molar-refractivity contribution in [1.82, 2.24) is 25.9 Å². The third kappa shape index (κ3) is 10.8. The molecule has 1 unspecified atom stereocenters. The van der Waals surface area contributed by atoms with E-state index in [4.69, 9.17) is 4.55 Å². The molecule has 2 aliphatic heterocycles. The molecule has 0 aliphatic carbocycles. The third-order valence-electron chi connectivity index (χ3n) is 8.22. The fraction of sp³-hybridized carbons (Fsp3) is 0.586. The van der Waals surface area contributed by atoms with Crippen LogP contribution in [0, 0.1) is 5.92 Å². The lowest BCUT2D eigenvalue weighted by atomic mass is 9.93. The van der Waals surface area contributed by atoms with Crippen molar-refractivity contribution in [3.05, 3.63) is 47.3 Å². The van der Waals surface area contributed by atoms with Crippen LogP contribution in [0.25, 0.3) is 0 Å². The Labute approximate surface area is 273 Å². The Morgan fingerprint density at radius 2 is 1.50 bits per heavy atom. The Kier molecular flexibility index (Phi) is 12.0. The van der Waals surface area contributed by atoms with Gasteiger partial charge < -0.3 is 25.8 Å². The van der Waals surface area contributed by atoms with Crippen LogP contribution in [0.2, 0.25) is 0 Å². The smallest absolute Gasteiger partial charge is 0.356 e. The molecule has 12 nitrogen and oxygen atoms in total. The number of urea groups is 1. The van der Waals surface area contributed by atoms with Gasteiger partial charge in [-0.05, 0) is 62.1 Å². The maximum Gasteiger partial charge on any atom is 0.451 e. The maximum atomic E-state index is 13.9. The number of hydrogen-bond acceptors (Lipinski definition) is 8. The summed E-state index contributed by atoms with van der Waals surface area (Å²) in [5, 5.41) is 7.66. The van der Waals surface area contributed by atoms with E-state index in [2.05, 4.69) is 25.9 Å². The number of piperidine rings is 1. The molecule has 4 rings (SSSR count). The molecular formula is C29H37F6N7O5S. The summed E-state index contributed by atoms with van der Waals surface area (Å²) >= 11 is 0. The molecule has 0 radical (unpaired) electrons. The Bertz CT molecular complexity index is 1520. The lowest BCUT2D eigenvalue weighted by Crippen LogP contribution is -2.44. The van der Waals surface area contributed by atoms with Crippen LogP contribution < -0.4 is 25.8 Å². The molecule has 2 fully saturated rings. The number of anilines is 2. The summed E-state index contributed by atoms with van der Waals surface area (Å²) in [5.74, 6) is -2.14. The second kappa shape index (κ2) is 15.6. The van der Waals surface area contributed by atoms with E-state index in [0.717, 1.165) is 12.1 Å². The molecule has 1 aromatic heterocycles. The molecule has 1 atom stereocenters. The number of nitrogens with one attached hydrogen (secondary N) is 3. The van der Waals surface area contributed by atoms with E-state index in [1.54, 1.807) is 4.90 Å². The number of carbonyl (C=O) groups excluding carboxylic acids is 2. The van der Waals surface area contributed by atoms with Crippen molar-refractivity contribution in [3.8, 4) is 0 Å². The number of aromatic nitrogens is 2. The number of rotatable bonds is 12. The van der Waals surface area contributed by atoms with Gasteiger partial charge in [0.15, 0.2) is 0 Å². The van der Waals surface area contributed by atoms with Crippen LogP contribution in [0.5, 0.6) is 0 Å². The van der Waals surface area contributed by atoms with Gasteiger partial charge in [-0.25, -0.2) is 14.8 Å². The number of alkyl halides is 6. The molecule has 0 spiro atoms. The lowest BCUT2D eigenvalue weighted by molar-refractivity contribution is -0.144. The van der Waals surface area contributed by atoms with Crippen molar-refractivity contribution in [1.29, 1.82) is 0 Å². The van der Waals surface area contributed by atoms with E-state index in [1.807, 2.05) is 0 Å². The van der Waals surface area contributed by atoms with Crippen molar-refractivity contribution < 1.29 is 48.9 Å². The molecule has 266 valence electrons. The van der Waals surface area contributed by atoms with E-state index < -0.39 is 57.6 Å². The standard InChI is InChI=1S/C29H37F6N7O5S/c30-28(31,32)21-5-3-19(4-6-21)7-11-36-25(43)22-2-1-14-42(22)24-18-23(39-26(40-24)29(33,34)35)41-15-9-20(10-16-41)8-12-37-27(44)38-13-17-48(45,46)47/h3-6,18,20,22H,1-2,7-17H2,(H,36,43)(H2,37,38,44)(H,45,46,47). The normalized spacial score (nSPS) is 17.8. The second-order valence-corrected chi connectivity index (χ2v) is 13.3. The number of hydrogen-bond donors (Lipinski definition) is 4. The maximum absolute atomic E-state index is 13.9. The first kappa shape index (κ1) is 37.0. The Morgan fingerprint density at radius 3 is 2.12 bits per heavy atom. The number of halogens is 6. The Morgan fingerprint density at radius 1 is 0.854 bits per heavy atom. The largest absolute Gasteiger partial charge is 0.451 e. The highest BCUT2D eigenvalue weighted by Gasteiger charge is 2.39. The van der Waals surface area contributed by atoms with Crippen LogP contribution in [0.3, 0.4) is 0 Å². The Balaban J connectivity index is 1.33. The summed E-state index contributed by atoms with van der Waals surface area (Å²) in [6, 6.07) is 4.66. The van der Waals surface area contributed by atoms with Gasteiger partial charge in [-0.2, -0.15) is 34.8 Å². The van der Waals surface area contributed by atoms with Gasteiger partial charge in [0.25, 0.3) is 10.1 Å². The molecule has 3 heterocycles. The predicted molar refractivity (Wildman–Crippen MR) is 163 cm³/mol. The summed E-state index contributed by atoms with van der Waals surface area (Å²) in [7, 11) is -4.19. The zero-order valence-electron chi connectivity index (χ0n) is 25.8. The van der Waals surface area contributed by atoms with E-state index in [-0.39, 0.29) is 37.1 Å². The number of benzene rings is 1. The van der Waals surface area contributed by atoms with Gasteiger partial charge in [0.1, 0.15) is 17.7 Å². The molecule has 2 saturated heterocycles.